The van der Waals surface area contributed by atoms with Crippen molar-refractivity contribution < 1.29 is 9.53 Å². The van der Waals surface area contributed by atoms with Crippen molar-refractivity contribution in [2.75, 3.05) is 44.8 Å². The van der Waals surface area contributed by atoms with E-state index in [1.54, 1.807) is 11.3 Å². The number of nitrogens with zero attached hydrogens (tertiary/aromatic N) is 4. The maximum Gasteiger partial charge on any atom is 0.227 e. The zero-order chi connectivity index (χ0) is 17.2. The van der Waals surface area contributed by atoms with Crippen LogP contribution in [0.2, 0.25) is 0 Å². The summed E-state index contributed by atoms with van der Waals surface area (Å²) in [7, 11) is 1.94. The number of pyridine rings is 1. The molecule has 0 aliphatic carbocycles. The monoisotopic (exact) mass is 360 g/mol. The van der Waals surface area contributed by atoms with Gasteiger partial charge in [0.2, 0.25) is 5.91 Å². The lowest BCUT2D eigenvalue weighted by Gasteiger charge is -2.34. The molecule has 1 atom stereocenters. The standard InChI is InChI=1S/C18H24N4O2S/c1-21(17(23)14-5-9-24-12-14)11-13-3-7-22(8-4-13)18-20-15-10-19-6-2-16(15)25-18/h2,6,10,13-14H,3-5,7-9,11-12H2,1H3. The van der Waals surface area contributed by atoms with Crippen molar-refractivity contribution in [1.82, 2.24) is 14.9 Å². The summed E-state index contributed by atoms with van der Waals surface area (Å²) in [5, 5.41) is 1.09. The number of aromatic nitrogens is 2. The second kappa shape index (κ2) is 7.25. The van der Waals surface area contributed by atoms with Gasteiger partial charge in [0, 0.05) is 39.5 Å². The summed E-state index contributed by atoms with van der Waals surface area (Å²) in [6.45, 7) is 4.18. The Morgan fingerprint density at radius 3 is 2.96 bits per heavy atom. The number of hydrogen-bond donors (Lipinski definition) is 0. The van der Waals surface area contributed by atoms with Gasteiger partial charge in [-0.15, -0.1) is 0 Å². The fraction of sp³-hybridized carbons (Fsp3) is 0.611. The summed E-state index contributed by atoms with van der Waals surface area (Å²) < 4.78 is 6.53. The number of piperidine rings is 1. The molecule has 7 heteroatoms. The highest BCUT2D eigenvalue weighted by Crippen LogP contribution is 2.31. The lowest BCUT2D eigenvalue weighted by molar-refractivity contribution is -0.134. The average molecular weight is 360 g/mol. The van der Waals surface area contributed by atoms with Crippen molar-refractivity contribution in [3.63, 3.8) is 0 Å². The van der Waals surface area contributed by atoms with Crippen LogP contribution in [0.5, 0.6) is 0 Å². The van der Waals surface area contributed by atoms with Crippen molar-refractivity contribution in [2.45, 2.75) is 19.3 Å². The Morgan fingerprint density at radius 1 is 1.40 bits per heavy atom. The Balaban J connectivity index is 1.31. The fourth-order valence-corrected chi connectivity index (χ4v) is 4.71. The van der Waals surface area contributed by atoms with Crippen LogP contribution in [0, 0.1) is 11.8 Å². The third-order valence-electron chi connectivity index (χ3n) is 5.25. The van der Waals surface area contributed by atoms with E-state index in [1.165, 1.54) is 4.70 Å². The van der Waals surface area contributed by atoms with E-state index in [2.05, 4.69) is 9.88 Å². The highest BCUT2D eigenvalue weighted by atomic mass is 32.1. The average Bonchev–Trinajstić information content (AvgIpc) is 3.31. The molecule has 2 aromatic heterocycles. The third kappa shape index (κ3) is 3.62. The third-order valence-corrected chi connectivity index (χ3v) is 6.35. The van der Waals surface area contributed by atoms with Crippen LogP contribution in [0.3, 0.4) is 0 Å². The molecule has 0 aromatic carbocycles. The molecule has 4 heterocycles. The minimum Gasteiger partial charge on any atom is -0.381 e. The number of amides is 1. The molecule has 1 amide bonds. The van der Waals surface area contributed by atoms with Crippen molar-refractivity contribution >= 4 is 32.6 Å². The predicted molar refractivity (Wildman–Crippen MR) is 98.9 cm³/mol. The van der Waals surface area contributed by atoms with Gasteiger partial charge in [-0.1, -0.05) is 11.3 Å². The maximum atomic E-state index is 12.4. The van der Waals surface area contributed by atoms with Crippen LogP contribution in [0.1, 0.15) is 19.3 Å². The Bertz CT molecular complexity index is 703. The first-order chi connectivity index (χ1) is 12.2. The van der Waals surface area contributed by atoms with Gasteiger partial charge in [-0.05, 0) is 31.2 Å². The summed E-state index contributed by atoms with van der Waals surface area (Å²) in [4.78, 5) is 25.6. The predicted octanol–water partition coefficient (Wildman–Crippen LogP) is 2.40. The molecule has 2 aliphatic heterocycles. The summed E-state index contributed by atoms with van der Waals surface area (Å²) in [5.74, 6) is 0.892. The molecule has 1 unspecified atom stereocenters. The first kappa shape index (κ1) is 16.7. The normalized spacial score (nSPS) is 21.8. The van der Waals surface area contributed by atoms with Crippen LogP contribution >= 0.6 is 11.3 Å². The largest absolute Gasteiger partial charge is 0.381 e. The number of anilines is 1. The van der Waals surface area contributed by atoms with Crippen molar-refractivity contribution in [3.8, 4) is 0 Å². The van der Waals surface area contributed by atoms with Gasteiger partial charge in [0.1, 0.15) is 5.52 Å². The van der Waals surface area contributed by atoms with Crippen LogP contribution in [0.4, 0.5) is 5.13 Å². The molecule has 2 aliphatic rings. The van der Waals surface area contributed by atoms with Crippen molar-refractivity contribution in [3.05, 3.63) is 18.5 Å². The molecule has 4 rings (SSSR count). The van der Waals surface area contributed by atoms with E-state index >= 15 is 0 Å². The van der Waals surface area contributed by atoms with Gasteiger partial charge >= 0.3 is 0 Å². The first-order valence-corrected chi connectivity index (χ1v) is 9.80. The number of fused-ring (bicyclic) bond motifs is 1. The Hall–Kier alpha value is -1.73. The van der Waals surface area contributed by atoms with E-state index in [1.807, 2.05) is 30.4 Å². The van der Waals surface area contributed by atoms with Gasteiger partial charge in [0.25, 0.3) is 0 Å². The van der Waals surface area contributed by atoms with Gasteiger partial charge in [-0.3, -0.25) is 9.78 Å². The van der Waals surface area contributed by atoms with Crippen LogP contribution in [-0.2, 0) is 9.53 Å². The molecular weight excluding hydrogens is 336 g/mol. The number of carbonyl (C=O) groups is 1. The summed E-state index contributed by atoms with van der Waals surface area (Å²) in [6, 6.07) is 2.02. The van der Waals surface area contributed by atoms with Crippen molar-refractivity contribution in [2.24, 2.45) is 11.8 Å². The Labute approximate surface area is 151 Å². The molecule has 0 saturated carbocycles. The van der Waals surface area contributed by atoms with E-state index in [0.29, 0.717) is 12.5 Å². The number of thiazole rings is 1. The summed E-state index contributed by atoms with van der Waals surface area (Å²) in [6.07, 6.45) is 6.72. The molecule has 0 bridgehead atoms. The van der Waals surface area contributed by atoms with Gasteiger partial charge in [-0.25, -0.2) is 4.98 Å². The van der Waals surface area contributed by atoms with Crippen LogP contribution < -0.4 is 4.90 Å². The Morgan fingerprint density at radius 2 is 2.24 bits per heavy atom. The van der Waals surface area contributed by atoms with Gasteiger partial charge in [0.15, 0.2) is 5.13 Å². The molecule has 25 heavy (non-hydrogen) atoms. The molecule has 2 aromatic rings. The smallest absolute Gasteiger partial charge is 0.227 e. The lowest BCUT2D eigenvalue weighted by Crippen LogP contribution is -2.41. The fourth-order valence-electron chi connectivity index (χ4n) is 3.73. The highest BCUT2D eigenvalue weighted by molar-refractivity contribution is 7.22. The minimum absolute atomic E-state index is 0.0708. The quantitative estimate of drug-likeness (QED) is 0.838. The number of rotatable bonds is 4. The van der Waals surface area contributed by atoms with Gasteiger partial charge in [-0.2, -0.15) is 0 Å². The second-order valence-electron chi connectivity index (χ2n) is 7.05. The Kier molecular flexibility index (Phi) is 4.85. The lowest BCUT2D eigenvalue weighted by atomic mass is 9.96. The molecule has 6 nitrogen and oxygen atoms in total. The molecule has 134 valence electrons. The topological polar surface area (TPSA) is 58.6 Å². The minimum atomic E-state index is 0.0708. The molecule has 0 radical (unpaired) electrons. The van der Waals surface area contributed by atoms with Gasteiger partial charge < -0.3 is 14.5 Å². The second-order valence-corrected chi connectivity index (χ2v) is 8.06. The van der Waals surface area contributed by atoms with E-state index in [0.717, 1.165) is 56.2 Å². The highest BCUT2D eigenvalue weighted by Gasteiger charge is 2.29. The number of hydrogen-bond acceptors (Lipinski definition) is 6. The molecular formula is C18H24N4O2S. The number of ether oxygens (including phenoxy) is 1. The SMILES string of the molecule is CN(CC1CCN(c2nc3cnccc3s2)CC1)C(=O)C1CCOC1. The zero-order valence-corrected chi connectivity index (χ0v) is 15.4. The summed E-state index contributed by atoms with van der Waals surface area (Å²) in [5.41, 5.74) is 0.980. The van der Waals surface area contributed by atoms with E-state index in [4.69, 9.17) is 9.72 Å². The summed E-state index contributed by atoms with van der Waals surface area (Å²) >= 11 is 1.74. The maximum absolute atomic E-state index is 12.4. The molecule has 2 saturated heterocycles. The van der Waals surface area contributed by atoms with Crippen LogP contribution in [0.25, 0.3) is 10.2 Å². The zero-order valence-electron chi connectivity index (χ0n) is 14.6. The molecule has 0 N–H and O–H groups in total. The van der Waals surface area contributed by atoms with E-state index in [-0.39, 0.29) is 11.8 Å². The molecule has 2 fully saturated rings. The van der Waals surface area contributed by atoms with Gasteiger partial charge in [0.05, 0.1) is 23.4 Å². The van der Waals surface area contributed by atoms with E-state index in [9.17, 15) is 4.79 Å². The van der Waals surface area contributed by atoms with Crippen molar-refractivity contribution in [1.29, 1.82) is 0 Å². The first-order valence-electron chi connectivity index (χ1n) is 8.99. The van der Waals surface area contributed by atoms with Crippen LogP contribution in [-0.4, -0.2) is 60.7 Å². The van der Waals surface area contributed by atoms with Crippen LogP contribution in [0.15, 0.2) is 18.5 Å². The molecule has 0 spiro atoms. The van der Waals surface area contributed by atoms with E-state index < -0.39 is 0 Å². The number of carbonyl (C=O) groups excluding carboxylic acids is 1.